The first kappa shape index (κ1) is 23.0. The number of hydrogen-bond acceptors (Lipinski definition) is 5. The summed E-state index contributed by atoms with van der Waals surface area (Å²) in [6.45, 7) is 0.911. The van der Waals surface area contributed by atoms with Crippen LogP contribution in [0.5, 0.6) is 0 Å². The van der Waals surface area contributed by atoms with Crippen LogP contribution in [-0.4, -0.2) is 44.6 Å². The van der Waals surface area contributed by atoms with E-state index < -0.39 is 24.6 Å². The summed E-state index contributed by atoms with van der Waals surface area (Å²) in [6.07, 6.45) is -0.0210. The van der Waals surface area contributed by atoms with Gasteiger partial charge in [0.1, 0.15) is 12.2 Å². The number of aromatic nitrogens is 4. The Hall–Kier alpha value is -4.22. The summed E-state index contributed by atoms with van der Waals surface area (Å²) in [6, 6.07) is 9.17. The number of anilines is 2. The van der Waals surface area contributed by atoms with Crippen LogP contribution in [0.2, 0.25) is 0 Å². The lowest BCUT2D eigenvalue weighted by Crippen LogP contribution is -2.36. The number of nitrogens with one attached hydrogen (secondary N) is 3. The highest BCUT2D eigenvalue weighted by atomic mass is 19.4. The minimum Gasteiger partial charge on any atom is -0.368 e. The smallest absolute Gasteiger partial charge is 0.368 e. The van der Waals surface area contributed by atoms with Crippen LogP contribution < -0.4 is 16.0 Å². The van der Waals surface area contributed by atoms with Gasteiger partial charge in [-0.3, -0.25) is 4.40 Å². The van der Waals surface area contributed by atoms with E-state index in [0.717, 1.165) is 6.20 Å². The molecule has 0 atom stereocenters. The van der Waals surface area contributed by atoms with Gasteiger partial charge in [0.25, 0.3) is 0 Å². The molecular weight excluding hydrogens is 454 g/mol. The number of fused-ring (bicyclic) bond motifs is 1. The van der Waals surface area contributed by atoms with Crippen molar-refractivity contribution in [2.75, 3.05) is 23.7 Å². The van der Waals surface area contributed by atoms with Gasteiger partial charge >= 0.3 is 12.2 Å². The summed E-state index contributed by atoms with van der Waals surface area (Å²) in [5.74, 6) is -0.101. The summed E-state index contributed by atoms with van der Waals surface area (Å²) in [5, 5.41) is 6.99. The van der Waals surface area contributed by atoms with Gasteiger partial charge in [-0.2, -0.15) is 13.2 Å². The standard InChI is InChI=1S/C22H19F4N7O/c1-2-27-20-16(23)10-29-19(32-20)14-6-7-33-17(11-28-18(33)9-14)13-4-3-5-15(8-13)31-21(34)30-12-22(24,25)26/h3-11H,2,12H2,1H3,(H,27,29,32)(H2,30,31,34). The lowest BCUT2D eigenvalue weighted by molar-refractivity contribution is -0.122. The van der Waals surface area contributed by atoms with Crippen LogP contribution in [-0.2, 0) is 0 Å². The van der Waals surface area contributed by atoms with E-state index in [1.54, 1.807) is 58.5 Å². The highest BCUT2D eigenvalue weighted by molar-refractivity contribution is 5.90. The number of urea groups is 1. The van der Waals surface area contributed by atoms with Gasteiger partial charge in [-0.05, 0) is 31.2 Å². The molecule has 3 heterocycles. The van der Waals surface area contributed by atoms with Gasteiger partial charge in [0.05, 0.1) is 18.1 Å². The first-order valence-electron chi connectivity index (χ1n) is 10.2. The van der Waals surface area contributed by atoms with Crippen molar-refractivity contribution in [3.8, 4) is 22.6 Å². The maximum atomic E-state index is 13.8. The maximum absolute atomic E-state index is 13.8. The maximum Gasteiger partial charge on any atom is 0.405 e. The molecule has 0 aliphatic carbocycles. The predicted octanol–water partition coefficient (Wildman–Crippen LogP) is 4.71. The summed E-state index contributed by atoms with van der Waals surface area (Å²) in [4.78, 5) is 24.4. The molecule has 12 heteroatoms. The van der Waals surface area contributed by atoms with E-state index >= 15 is 0 Å². The van der Waals surface area contributed by atoms with Gasteiger partial charge in [-0.1, -0.05) is 12.1 Å². The van der Waals surface area contributed by atoms with Crippen molar-refractivity contribution in [2.24, 2.45) is 0 Å². The van der Waals surface area contributed by atoms with E-state index in [-0.39, 0.29) is 5.82 Å². The molecule has 0 radical (unpaired) electrons. The summed E-state index contributed by atoms with van der Waals surface area (Å²) in [7, 11) is 0. The molecule has 176 valence electrons. The van der Waals surface area contributed by atoms with E-state index in [9.17, 15) is 22.4 Å². The Morgan fingerprint density at radius 2 is 1.91 bits per heavy atom. The first-order valence-corrected chi connectivity index (χ1v) is 10.2. The van der Waals surface area contributed by atoms with Crippen LogP contribution in [0.25, 0.3) is 28.3 Å². The summed E-state index contributed by atoms with van der Waals surface area (Å²) >= 11 is 0. The molecule has 4 aromatic rings. The minimum atomic E-state index is -4.50. The van der Waals surface area contributed by atoms with E-state index in [1.165, 1.54) is 0 Å². The molecular formula is C22H19F4N7O. The normalized spacial score (nSPS) is 11.4. The fourth-order valence-electron chi connectivity index (χ4n) is 3.24. The number of pyridine rings is 1. The molecule has 0 spiro atoms. The molecule has 0 unspecified atom stereocenters. The third-order valence-electron chi connectivity index (χ3n) is 4.73. The van der Waals surface area contributed by atoms with Gasteiger partial charge in [0.15, 0.2) is 17.5 Å². The highest BCUT2D eigenvalue weighted by Gasteiger charge is 2.27. The van der Waals surface area contributed by atoms with Crippen molar-refractivity contribution in [2.45, 2.75) is 13.1 Å². The molecule has 0 fully saturated rings. The predicted molar refractivity (Wildman–Crippen MR) is 119 cm³/mol. The lowest BCUT2D eigenvalue weighted by Gasteiger charge is -2.11. The average Bonchev–Trinajstić information content (AvgIpc) is 3.22. The number of imidazole rings is 1. The number of rotatable bonds is 6. The van der Waals surface area contributed by atoms with Crippen LogP contribution in [0, 0.1) is 5.82 Å². The number of benzene rings is 1. The van der Waals surface area contributed by atoms with E-state index in [1.807, 2.05) is 6.92 Å². The van der Waals surface area contributed by atoms with Gasteiger partial charge in [-0.25, -0.2) is 24.1 Å². The number of nitrogens with zero attached hydrogens (tertiary/aromatic N) is 4. The minimum absolute atomic E-state index is 0.111. The van der Waals surface area contributed by atoms with Gasteiger partial charge in [-0.15, -0.1) is 0 Å². The molecule has 4 rings (SSSR count). The van der Waals surface area contributed by atoms with Gasteiger partial charge in [0.2, 0.25) is 0 Å². The number of carbonyl (C=O) groups excluding carboxylic acids is 1. The second-order valence-corrected chi connectivity index (χ2v) is 7.21. The molecule has 0 saturated heterocycles. The third kappa shape index (κ3) is 5.22. The second kappa shape index (κ2) is 9.33. The molecule has 0 bridgehead atoms. The largest absolute Gasteiger partial charge is 0.405 e. The zero-order valence-corrected chi connectivity index (χ0v) is 17.8. The van der Waals surface area contributed by atoms with E-state index in [0.29, 0.717) is 40.5 Å². The zero-order chi connectivity index (χ0) is 24.3. The Morgan fingerprint density at radius 1 is 1.09 bits per heavy atom. The molecule has 8 nitrogen and oxygen atoms in total. The van der Waals surface area contributed by atoms with Crippen LogP contribution in [0.1, 0.15) is 6.92 Å². The topological polar surface area (TPSA) is 96.2 Å². The van der Waals surface area contributed by atoms with Crippen LogP contribution in [0.4, 0.5) is 33.9 Å². The monoisotopic (exact) mass is 473 g/mol. The molecule has 3 aromatic heterocycles. The summed E-state index contributed by atoms with van der Waals surface area (Å²) < 4.78 is 52.5. The Morgan fingerprint density at radius 3 is 2.68 bits per heavy atom. The van der Waals surface area contributed by atoms with Crippen molar-refractivity contribution in [3.63, 3.8) is 0 Å². The van der Waals surface area contributed by atoms with E-state index in [2.05, 4.69) is 25.6 Å². The lowest BCUT2D eigenvalue weighted by atomic mass is 10.1. The average molecular weight is 473 g/mol. The Bertz CT molecular complexity index is 1340. The Balaban J connectivity index is 1.58. The van der Waals surface area contributed by atoms with Crippen molar-refractivity contribution < 1.29 is 22.4 Å². The van der Waals surface area contributed by atoms with Crippen molar-refractivity contribution in [1.29, 1.82) is 0 Å². The van der Waals surface area contributed by atoms with Crippen LogP contribution in [0.3, 0.4) is 0 Å². The van der Waals surface area contributed by atoms with Crippen molar-refractivity contribution in [1.82, 2.24) is 24.7 Å². The zero-order valence-electron chi connectivity index (χ0n) is 17.8. The quantitative estimate of drug-likeness (QED) is 0.353. The molecule has 2 amide bonds. The van der Waals surface area contributed by atoms with Crippen molar-refractivity contribution in [3.05, 3.63) is 60.8 Å². The SMILES string of the molecule is CCNc1nc(-c2ccn3c(-c4cccc(NC(=O)NCC(F)(F)F)c4)cnc3c2)ncc1F. The number of halogens is 4. The number of carbonyl (C=O) groups is 1. The third-order valence-corrected chi connectivity index (χ3v) is 4.73. The fraction of sp³-hybridized carbons (Fsp3) is 0.182. The number of hydrogen-bond donors (Lipinski definition) is 3. The number of alkyl halides is 3. The molecule has 0 saturated carbocycles. The highest BCUT2D eigenvalue weighted by Crippen LogP contribution is 2.26. The molecule has 0 aliphatic heterocycles. The van der Waals surface area contributed by atoms with Crippen LogP contribution >= 0.6 is 0 Å². The number of amides is 2. The Labute approximate surface area is 191 Å². The molecule has 0 aliphatic rings. The van der Waals surface area contributed by atoms with Crippen molar-refractivity contribution >= 4 is 23.2 Å². The molecule has 3 N–H and O–H groups in total. The summed E-state index contributed by atoms with van der Waals surface area (Å²) in [5.41, 5.74) is 2.90. The molecule has 1 aromatic carbocycles. The fourth-order valence-corrected chi connectivity index (χ4v) is 3.24. The first-order chi connectivity index (χ1) is 16.2. The Kier molecular flexibility index (Phi) is 6.30. The van der Waals surface area contributed by atoms with Gasteiger partial charge < -0.3 is 16.0 Å². The van der Waals surface area contributed by atoms with E-state index in [4.69, 9.17) is 0 Å². The van der Waals surface area contributed by atoms with Gasteiger partial charge in [0, 0.05) is 29.6 Å². The molecule has 34 heavy (non-hydrogen) atoms. The van der Waals surface area contributed by atoms with Crippen LogP contribution in [0.15, 0.2) is 55.0 Å². The second-order valence-electron chi connectivity index (χ2n) is 7.21.